The summed E-state index contributed by atoms with van der Waals surface area (Å²) in [5, 5.41) is 38.0. The number of ether oxygens (including phenoxy) is 1. The van der Waals surface area contributed by atoms with Gasteiger partial charge in [-0.1, -0.05) is 97.1 Å². The van der Waals surface area contributed by atoms with Gasteiger partial charge in [0, 0.05) is 0 Å². The number of aryl methyl sites for hydroxylation is 6. The predicted molar refractivity (Wildman–Crippen MR) is 325 cm³/mol. The zero-order valence-corrected chi connectivity index (χ0v) is 49.3. The first-order chi connectivity index (χ1) is 41.7. The van der Waals surface area contributed by atoms with Gasteiger partial charge in [0.1, 0.15) is 9.96 Å². The van der Waals surface area contributed by atoms with Gasteiger partial charge in [-0.05, 0) is 186 Å². The largest absolute Gasteiger partial charge is 0.573 e. The lowest BCUT2D eigenvalue weighted by Crippen LogP contribution is -2.17. The average molecular weight is 1280 g/mol. The summed E-state index contributed by atoms with van der Waals surface area (Å²) in [7, 11) is -11.6. The maximum absolute atomic E-state index is 12.7. The number of para-hydroxylation sites is 3. The molecule has 25 heteroatoms. The molecule has 0 saturated carbocycles. The van der Waals surface area contributed by atoms with E-state index in [1.165, 1.54) is 36.4 Å². The Labute approximate surface area is 508 Å². The van der Waals surface area contributed by atoms with Gasteiger partial charge in [-0.25, -0.2) is 44.4 Å². The van der Waals surface area contributed by atoms with Crippen molar-refractivity contribution in [2.75, 3.05) is 14.2 Å². The number of aromatic carboxylic acids is 4. The number of benzene rings is 8. The fourth-order valence-corrected chi connectivity index (χ4v) is 12.8. The lowest BCUT2D eigenvalue weighted by molar-refractivity contribution is -0.274. The molecule has 0 radical (unpaired) electrons. The van der Waals surface area contributed by atoms with Crippen molar-refractivity contribution in [2.24, 2.45) is 0 Å². The number of carbonyl (C=O) groups is 4. The van der Waals surface area contributed by atoms with E-state index in [0.29, 0.717) is 61.2 Å². The third-order valence-corrected chi connectivity index (χ3v) is 18.4. The number of alkyl halides is 3. The third-order valence-electron chi connectivity index (χ3n) is 12.9. The summed E-state index contributed by atoms with van der Waals surface area (Å²) in [4.78, 5) is 44.0. The fraction of sp³-hybridized carbons (Fsp3) is 0.111. The lowest BCUT2D eigenvalue weighted by Gasteiger charge is -2.14. The van der Waals surface area contributed by atoms with Crippen LogP contribution in [0, 0.1) is 0 Å². The zero-order valence-electron chi connectivity index (χ0n) is 46.0. The number of nitrogens with one attached hydrogen (secondary N) is 3. The van der Waals surface area contributed by atoms with Gasteiger partial charge in [-0.3, -0.25) is 14.2 Å². The van der Waals surface area contributed by atoms with E-state index in [-0.39, 0.29) is 36.3 Å². The Bertz CT molecular complexity index is 4280. The Morgan fingerprint density at radius 2 is 0.727 bits per heavy atom. The predicted octanol–water partition coefficient (Wildman–Crippen LogP) is 12.6. The van der Waals surface area contributed by atoms with Crippen molar-refractivity contribution in [3.05, 3.63) is 267 Å². The zero-order chi connectivity index (χ0) is 63.7. The van der Waals surface area contributed by atoms with Crippen LogP contribution in [0.4, 0.5) is 30.2 Å². The highest BCUT2D eigenvalue weighted by Gasteiger charge is 2.31. The second-order valence-electron chi connectivity index (χ2n) is 19.1. The van der Waals surface area contributed by atoms with Crippen LogP contribution in [-0.4, -0.2) is 75.9 Å². The van der Waals surface area contributed by atoms with Gasteiger partial charge in [0.2, 0.25) is 0 Å². The summed E-state index contributed by atoms with van der Waals surface area (Å²) in [6.07, 6.45) is -1.73. The minimum atomic E-state index is -4.87. The summed E-state index contributed by atoms with van der Waals surface area (Å²) < 4.78 is 124. The number of hydrogen-bond acceptors (Lipinski definition) is 12. The first-order valence-corrected chi connectivity index (χ1v) is 31.6. The van der Waals surface area contributed by atoms with Gasteiger partial charge in [-0.15, -0.1) is 24.5 Å². The molecule has 9 aromatic rings. The molecule has 0 unspecified atom stereocenters. The van der Waals surface area contributed by atoms with Crippen LogP contribution in [0.25, 0.3) is 0 Å². The number of sulfonamides is 3. The summed E-state index contributed by atoms with van der Waals surface area (Å²) in [6, 6.07) is 52.8. The number of hydrogen-bond donors (Lipinski definition) is 7. The summed E-state index contributed by atoms with van der Waals surface area (Å²) in [6.45, 7) is 0. The molecule has 0 aliphatic carbocycles. The van der Waals surface area contributed by atoms with Gasteiger partial charge in [-0.2, -0.15) is 0 Å². The molecule has 7 N–H and O–H groups in total. The van der Waals surface area contributed by atoms with E-state index in [0.717, 1.165) is 63.4 Å². The number of carboxylic acids is 4. The molecule has 8 aromatic carbocycles. The standard InChI is InChI=1S/C22H18F3NO5S.C22H19NO6S.C19H17NO4S2/c23-22(24,25)31-18-10-12-19(13-11-18)32(29,30)26-20-7-2-1-5-16(20)9-8-15-4-3-6-17(14-15)21(27)28;24-21(25)17-10-12-19(13-11-17)30(28,29)23-20-7-2-1-5-16(20)9-8-15-4-3-6-18(14-15)22(26)27;21-19(22)16-7-3-5-14(13-16)10-11-15-6-1-2-8-17(15)20-26(23,24)18-9-4-12-25-18/h1-7,10-14,26H,8-9H2,(H,27,28);1-7,10-14,23H,8-9H2,(H,24,25)(H,26,27);1-9,12-13,20H,10-11H2,(H,21,22). The first-order valence-electron chi connectivity index (χ1n) is 26.3. The summed E-state index contributed by atoms with van der Waals surface area (Å²) in [5.74, 6) is -4.66. The molecule has 9 rings (SSSR count). The molecule has 88 heavy (non-hydrogen) atoms. The van der Waals surface area contributed by atoms with Crippen LogP contribution in [0.3, 0.4) is 0 Å². The Kier molecular flexibility index (Phi) is 22.0. The van der Waals surface area contributed by atoms with E-state index in [2.05, 4.69) is 18.9 Å². The van der Waals surface area contributed by atoms with Crippen molar-refractivity contribution >= 4 is 82.3 Å². The van der Waals surface area contributed by atoms with Crippen molar-refractivity contribution in [3.63, 3.8) is 0 Å². The number of carboxylic acid groups (broad SMARTS) is 4. The molecule has 0 amide bonds. The van der Waals surface area contributed by atoms with Gasteiger partial charge in [0.05, 0.1) is 49.1 Å². The summed E-state index contributed by atoms with van der Waals surface area (Å²) >= 11 is 1.16. The Balaban J connectivity index is 0.000000189. The van der Waals surface area contributed by atoms with Gasteiger partial charge in [0.25, 0.3) is 30.1 Å². The fourth-order valence-electron chi connectivity index (χ4n) is 8.55. The van der Waals surface area contributed by atoms with Crippen LogP contribution in [0.2, 0.25) is 0 Å². The van der Waals surface area contributed by atoms with E-state index in [1.807, 2.05) is 24.3 Å². The highest BCUT2D eigenvalue weighted by molar-refractivity contribution is 7.94. The number of anilines is 3. The Hall–Kier alpha value is -9.82. The van der Waals surface area contributed by atoms with Crippen LogP contribution in [0.1, 0.15) is 74.8 Å². The Morgan fingerprint density at radius 3 is 1.06 bits per heavy atom. The molecule has 0 saturated heterocycles. The molecule has 0 spiro atoms. The SMILES string of the molecule is O=C(O)c1ccc(S(=O)(=O)Nc2ccccc2CCc2cccc(C(=O)O)c2)cc1.O=C(O)c1cccc(CCc2ccccc2NS(=O)(=O)c2ccc(OC(F)(F)F)cc2)c1.O=C(O)c1cccc(CCc2ccccc2NS(=O)(=O)c2cccs2)c1. The van der Waals surface area contributed by atoms with E-state index < -0.39 is 66.1 Å². The molecule has 0 bridgehead atoms. The van der Waals surface area contributed by atoms with Crippen molar-refractivity contribution < 1.29 is 82.8 Å². The maximum atomic E-state index is 12.7. The number of halogens is 3. The number of thiophene rings is 1. The minimum absolute atomic E-state index is 0.00191. The van der Waals surface area contributed by atoms with Crippen molar-refractivity contribution in [3.8, 4) is 5.75 Å². The highest BCUT2D eigenvalue weighted by atomic mass is 32.2. The normalized spacial score (nSPS) is 11.4. The third kappa shape index (κ3) is 19.3. The number of rotatable bonds is 23. The quantitative estimate of drug-likeness (QED) is 0.0313. The molecule has 456 valence electrons. The van der Waals surface area contributed by atoms with Crippen molar-refractivity contribution in [2.45, 2.75) is 58.9 Å². The molecular formula is C63H54F3N3O15S4. The monoisotopic (exact) mass is 1280 g/mol. The van der Waals surface area contributed by atoms with Gasteiger partial charge in [0.15, 0.2) is 0 Å². The van der Waals surface area contributed by atoms with E-state index in [4.69, 9.17) is 20.4 Å². The maximum Gasteiger partial charge on any atom is 0.573 e. The van der Waals surface area contributed by atoms with E-state index in [9.17, 15) is 57.6 Å². The van der Waals surface area contributed by atoms with Crippen molar-refractivity contribution in [1.29, 1.82) is 0 Å². The Morgan fingerprint density at radius 1 is 0.386 bits per heavy atom. The van der Waals surface area contributed by atoms with Gasteiger partial charge >= 0.3 is 30.2 Å². The first kappa shape index (κ1) is 65.7. The molecule has 0 fully saturated rings. The van der Waals surface area contributed by atoms with Crippen LogP contribution in [0.15, 0.2) is 226 Å². The van der Waals surface area contributed by atoms with Crippen LogP contribution in [0.5, 0.6) is 5.75 Å². The molecule has 0 aliphatic rings. The average Bonchev–Trinajstić information content (AvgIpc) is 2.68. The second-order valence-corrected chi connectivity index (χ2v) is 25.3. The highest BCUT2D eigenvalue weighted by Crippen LogP contribution is 2.29. The molecule has 0 atom stereocenters. The second kappa shape index (κ2) is 29.5. The van der Waals surface area contributed by atoms with Crippen LogP contribution >= 0.6 is 11.3 Å². The molecule has 18 nitrogen and oxygen atoms in total. The van der Waals surface area contributed by atoms with Gasteiger partial charge < -0.3 is 25.2 Å². The van der Waals surface area contributed by atoms with E-state index in [1.54, 1.807) is 127 Å². The molecule has 0 aliphatic heterocycles. The smallest absolute Gasteiger partial charge is 0.478 e. The molecule has 1 heterocycles. The van der Waals surface area contributed by atoms with E-state index >= 15 is 0 Å². The van der Waals surface area contributed by atoms with Crippen LogP contribution < -0.4 is 18.9 Å². The lowest BCUT2D eigenvalue weighted by atomic mass is 10.0. The summed E-state index contributed by atoms with van der Waals surface area (Å²) in [5.41, 5.74) is 6.65. The van der Waals surface area contributed by atoms with Crippen LogP contribution in [-0.2, 0) is 68.6 Å². The molecular weight excluding hydrogens is 1220 g/mol. The topological polar surface area (TPSA) is 297 Å². The van der Waals surface area contributed by atoms with Crippen molar-refractivity contribution in [1.82, 2.24) is 0 Å². The molecule has 1 aromatic heterocycles. The minimum Gasteiger partial charge on any atom is -0.478 e.